The number of esters is 1. The van der Waals surface area contributed by atoms with E-state index >= 15 is 0 Å². The van der Waals surface area contributed by atoms with Gasteiger partial charge in [-0.25, -0.2) is 4.98 Å². The summed E-state index contributed by atoms with van der Waals surface area (Å²) >= 11 is 6.35. The van der Waals surface area contributed by atoms with E-state index in [1.807, 2.05) is 4.90 Å². The summed E-state index contributed by atoms with van der Waals surface area (Å²) < 4.78 is 10.3. The Morgan fingerprint density at radius 3 is 2.77 bits per heavy atom. The van der Waals surface area contributed by atoms with Crippen molar-refractivity contribution in [2.24, 2.45) is 0 Å². The van der Waals surface area contributed by atoms with E-state index in [1.165, 1.54) is 6.92 Å². The third kappa shape index (κ3) is 5.06. The highest BCUT2D eigenvalue weighted by atomic mass is 35.5. The molecule has 31 heavy (non-hydrogen) atoms. The van der Waals surface area contributed by atoms with E-state index < -0.39 is 0 Å². The fourth-order valence-corrected chi connectivity index (χ4v) is 3.88. The molecule has 0 N–H and O–H groups in total. The van der Waals surface area contributed by atoms with Crippen LogP contribution in [0.3, 0.4) is 0 Å². The first-order valence-corrected chi connectivity index (χ1v) is 10.6. The van der Waals surface area contributed by atoms with Crippen LogP contribution in [-0.2, 0) is 19.1 Å². The van der Waals surface area contributed by atoms with E-state index in [2.05, 4.69) is 21.7 Å². The average molecular weight is 443 g/mol. The third-order valence-corrected chi connectivity index (χ3v) is 5.62. The Hall–Kier alpha value is -2.89. The van der Waals surface area contributed by atoms with Crippen LogP contribution in [-0.4, -0.2) is 72.2 Å². The number of benzene rings is 1. The van der Waals surface area contributed by atoms with Gasteiger partial charge in [-0.2, -0.15) is 0 Å². The number of carbonyl (C=O) groups excluding carboxylic acids is 2. The van der Waals surface area contributed by atoms with Gasteiger partial charge in [0.05, 0.1) is 22.3 Å². The van der Waals surface area contributed by atoms with Crippen molar-refractivity contribution >= 4 is 40.3 Å². The van der Waals surface area contributed by atoms with Crippen LogP contribution in [0.15, 0.2) is 18.3 Å². The van der Waals surface area contributed by atoms with Crippen molar-refractivity contribution in [3.05, 3.63) is 28.9 Å². The van der Waals surface area contributed by atoms with E-state index in [-0.39, 0.29) is 24.6 Å². The van der Waals surface area contributed by atoms with E-state index in [0.717, 1.165) is 18.7 Å². The van der Waals surface area contributed by atoms with Crippen LogP contribution in [0.25, 0.3) is 11.0 Å². The van der Waals surface area contributed by atoms with Crippen LogP contribution in [0, 0.1) is 11.8 Å². The molecule has 1 atom stereocenters. The molecule has 2 aliphatic rings. The van der Waals surface area contributed by atoms with Gasteiger partial charge in [0, 0.05) is 45.3 Å². The molecule has 0 radical (unpaired) electrons. The molecule has 0 unspecified atom stereocenters. The van der Waals surface area contributed by atoms with Crippen LogP contribution in [0.4, 0.5) is 5.82 Å². The Kier molecular flexibility index (Phi) is 6.54. The summed E-state index contributed by atoms with van der Waals surface area (Å²) in [7, 11) is 0. The molecule has 0 aliphatic carbocycles. The minimum Gasteiger partial charge on any atom is -0.453 e. The Balaban J connectivity index is 1.43. The van der Waals surface area contributed by atoms with E-state index in [9.17, 15) is 9.59 Å². The maximum absolute atomic E-state index is 12.5. The van der Waals surface area contributed by atoms with Gasteiger partial charge in [0.15, 0.2) is 6.61 Å². The monoisotopic (exact) mass is 442 g/mol. The number of hydrogen-bond donors (Lipinski definition) is 0. The molecule has 0 bridgehead atoms. The van der Waals surface area contributed by atoms with Gasteiger partial charge in [0.25, 0.3) is 5.91 Å². The third-order valence-electron chi connectivity index (χ3n) is 5.31. The first-order valence-electron chi connectivity index (χ1n) is 10.2. The quantitative estimate of drug-likeness (QED) is 0.531. The maximum atomic E-state index is 12.5. The maximum Gasteiger partial charge on any atom is 0.303 e. The number of fused-ring (bicyclic) bond motifs is 1. The molecule has 1 aromatic carbocycles. The zero-order valence-corrected chi connectivity index (χ0v) is 18.0. The van der Waals surface area contributed by atoms with Gasteiger partial charge in [0.1, 0.15) is 11.9 Å². The molecular weight excluding hydrogens is 420 g/mol. The van der Waals surface area contributed by atoms with Crippen molar-refractivity contribution in [3.8, 4) is 11.8 Å². The number of halogens is 1. The standard InChI is InChI=1S/C22H23ClN4O4/c1-15(28)30-10-2-4-16-12-18-19(13-17(16)23)25-21(14-24-18)26-6-8-27(9-7-26)22(29)20-5-3-11-31-20/h12-14,20H,3,5-11H2,1H3/t20-/m1/s1. The van der Waals surface area contributed by atoms with E-state index in [1.54, 1.807) is 18.3 Å². The molecule has 0 saturated carbocycles. The number of hydrogen-bond acceptors (Lipinski definition) is 7. The molecule has 2 aliphatic heterocycles. The van der Waals surface area contributed by atoms with Crippen molar-refractivity contribution in [1.82, 2.24) is 14.9 Å². The fraction of sp³-hybridized carbons (Fsp3) is 0.455. The number of ether oxygens (including phenoxy) is 2. The fourth-order valence-electron chi connectivity index (χ4n) is 3.67. The predicted molar refractivity (Wildman–Crippen MR) is 116 cm³/mol. The van der Waals surface area contributed by atoms with E-state index in [0.29, 0.717) is 54.4 Å². The second kappa shape index (κ2) is 9.50. The Bertz CT molecular complexity index is 1050. The van der Waals surface area contributed by atoms with Crippen LogP contribution in [0.5, 0.6) is 0 Å². The summed E-state index contributed by atoms with van der Waals surface area (Å²) in [5, 5.41) is 0.459. The summed E-state index contributed by atoms with van der Waals surface area (Å²) in [5.41, 5.74) is 1.95. The zero-order valence-electron chi connectivity index (χ0n) is 17.3. The normalized spacial score (nSPS) is 18.6. The Morgan fingerprint density at radius 1 is 1.26 bits per heavy atom. The van der Waals surface area contributed by atoms with Gasteiger partial charge in [0.2, 0.25) is 0 Å². The highest BCUT2D eigenvalue weighted by Gasteiger charge is 2.30. The van der Waals surface area contributed by atoms with Gasteiger partial charge in [-0.3, -0.25) is 14.6 Å². The molecule has 0 spiro atoms. The van der Waals surface area contributed by atoms with Gasteiger partial charge < -0.3 is 19.3 Å². The molecule has 3 heterocycles. The summed E-state index contributed by atoms with van der Waals surface area (Å²) in [4.78, 5) is 36.5. The summed E-state index contributed by atoms with van der Waals surface area (Å²) in [6.07, 6.45) is 3.21. The highest BCUT2D eigenvalue weighted by molar-refractivity contribution is 6.32. The Morgan fingerprint density at radius 2 is 2.06 bits per heavy atom. The van der Waals surface area contributed by atoms with Gasteiger partial charge >= 0.3 is 5.97 Å². The summed E-state index contributed by atoms with van der Waals surface area (Å²) in [6, 6.07) is 3.51. The molecule has 1 aromatic heterocycles. The molecule has 2 aromatic rings. The van der Waals surface area contributed by atoms with Crippen molar-refractivity contribution in [2.75, 3.05) is 44.3 Å². The number of piperazine rings is 1. The lowest BCUT2D eigenvalue weighted by Crippen LogP contribution is -2.51. The first-order chi connectivity index (χ1) is 15.0. The molecule has 8 nitrogen and oxygen atoms in total. The highest BCUT2D eigenvalue weighted by Crippen LogP contribution is 2.24. The van der Waals surface area contributed by atoms with Crippen LogP contribution in [0.1, 0.15) is 25.3 Å². The van der Waals surface area contributed by atoms with Crippen molar-refractivity contribution in [3.63, 3.8) is 0 Å². The summed E-state index contributed by atoms with van der Waals surface area (Å²) in [5.74, 6) is 6.12. The van der Waals surface area contributed by atoms with Crippen molar-refractivity contribution in [1.29, 1.82) is 0 Å². The Labute approximate surface area is 185 Å². The van der Waals surface area contributed by atoms with Gasteiger partial charge in [-0.15, -0.1) is 0 Å². The topological polar surface area (TPSA) is 84.9 Å². The second-order valence-electron chi connectivity index (χ2n) is 7.44. The smallest absolute Gasteiger partial charge is 0.303 e. The number of carbonyl (C=O) groups is 2. The van der Waals surface area contributed by atoms with Gasteiger partial charge in [-0.05, 0) is 25.0 Å². The first kappa shape index (κ1) is 21.3. The number of nitrogens with zero attached hydrogens (tertiary/aromatic N) is 4. The molecule has 1 amide bonds. The molecule has 2 saturated heterocycles. The van der Waals surface area contributed by atoms with Crippen LogP contribution in [0.2, 0.25) is 5.02 Å². The molecule has 2 fully saturated rings. The second-order valence-corrected chi connectivity index (χ2v) is 7.85. The van der Waals surface area contributed by atoms with Crippen molar-refractivity contribution < 1.29 is 19.1 Å². The van der Waals surface area contributed by atoms with Gasteiger partial charge in [-0.1, -0.05) is 23.4 Å². The number of anilines is 1. The van der Waals surface area contributed by atoms with E-state index in [4.69, 9.17) is 26.1 Å². The van der Waals surface area contributed by atoms with Crippen molar-refractivity contribution in [2.45, 2.75) is 25.9 Å². The lowest BCUT2D eigenvalue weighted by molar-refractivity contribution is -0.141. The SMILES string of the molecule is CC(=O)OCC#Cc1cc2ncc(N3CCN(C(=O)[C@H]4CCCO4)CC3)nc2cc1Cl. The number of rotatable bonds is 3. The minimum atomic E-state index is -0.380. The van der Waals surface area contributed by atoms with Crippen LogP contribution >= 0.6 is 11.6 Å². The lowest BCUT2D eigenvalue weighted by atomic mass is 10.2. The molecular formula is C22H23ClN4O4. The van der Waals surface area contributed by atoms with Crippen LogP contribution < -0.4 is 4.90 Å². The predicted octanol–water partition coefficient (Wildman–Crippen LogP) is 2.03. The lowest BCUT2D eigenvalue weighted by Gasteiger charge is -2.36. The molecule has 4 rings (SSSR count). The minimum absolute atomic E-state index is 0.00959. The number of amides is 1. The molecule has 162 valence electrons. The zero-order chi connectivity index (χ0) is 21.8. The molecule has 9 heteroatoms. The largest absolute Gasteiger partial charge is 0.453 e. The summed E-state index contributed by atoms with van der Waals surface area (Å²) in [6.45, 7) is 4.66. The average Bonchev–Trinajstić information content (AvgIpc) is 3.31. The number of aromatic nitrogens is 2.